The van der Waals surface area contributed by atoms with Gasteiger partial charge in [-0.15, -0.1) is 0 Å². The van der Waals surface area contributed by atoms with E-state index in [2.05, 4.69) is 21.3 Å². The summed E-state index contributed by atoms with van der Waals surface area (Å²) in [5, 5.41) is 20.0. The molecular weight excluding hydrogens is 484 g/mol. The molecule has 1 aliphatic rings. The third kappa shape index (κ3) is 7.85. The van der Waals surface area contributed by atoms with Gasteiger partial charge < -0.3 is 30.5 Å². The highest BCUT2D eigenvalue weighted by Gasteiger charge is 2.29. The third-order valence-corrected chi connectivity index (χ3v) is 5.41. The molecule has 0 spiro atoms. The number of hydrogen-bond acceptors (Lipinski definition) is 8. The normalized spacial score (nSPS) is 14.9. The first-order valence-corrected chi connectivity index (χ1v) is 11.4. The number of aliphatic hydroxyl groups excluding tert-OH is 1. The smallest absolute Gasteiger partial charge is 0.262 e. The highest BCUT2D eigenvalue weighted by atomic mass is 16.5. The van der Waals surface area contributed by atoms with Crippen molar-refractivity contribution in [2.24, 2.45) is 0 Å². The van der Waals surface area contributed by atoms with Gasteiger partial charge in [0.05, 0.1) is 6.61 Å². The number of amides is 5. The second-order valence-corrected chi connectivity index (χ2v) is 8.16. The van der Waals surface area contributed by atoms with E-state index >= 15 is 0 Å². The zero-order valence-electron chi connectivity index (χ0n) is 20.2. The van der Waals surface area contributed by atoms with E-state index < -0.39 is 42.9 Å². The van der Waals surface area contributed by atoms with Gasteiger partial charge in [0.15, 0.2) is 6.61 Å². The van der Waals surface area contributed by atoms with Crippen molar-refractivity contribution >= 4 is 35.2 Å². The minimum absolute atomic E-state index is 0.0522. The van der Waals surface area contributed by atoms with Crippen molar-refractivity contribution in [2.45, 2.75) is 32.0 Å². The molecule has 1 fully saturated rings. The Balaban J connectivity index is 1.59. The molecule has 2 aromatic rings. The summed E-state index contributed by atoms with van der Waals surface area (Å²) in [5.74, 6) is -2.24. The second-order valence-electron chi connectivity index (χ2n) is 8.16. The summed E-state index contributed by atoms with van der Waals surface area (Å²) in [6, 6.07) is 10.5. The van der Waals surface area contributed by atoms with Crippen LogP contribution in [0, 0.1) is 0 Å². The monoisotopic (exact) mass is 512 g/mol. The number of anilines is 1. The maximum absolute atomic E-state index is 12.8. The Kier molecular flexibility index (Phi) is 9.69. The molecule has 2 aromatic carbocycles. The molecule has 12 heteroatoms. The molecule has 5 amide bonds. The Morgan fingerprint density at radius 1 is 1.08 bits per heavy atom. The van der Waals surface area contributed by atoms with Gasteiger partial charge in [0.1, 0.15) is 18.4 Å². The van der Waals surface area contributed by atoms with E-state index in [1.165, 1.54) is 25.3 Å². The molecule has 1 atom stereocenters. The number of imide groups is 1. The van der Waals surface area contributed by atoms with E-state index in [-0.39, 0.29) is 48.8 Å². The molecule has 0 aliphatic carbocycles. The van der Waals surface area contributed by atoms with Crippen LogP contribution < -0.4 is 26.0 Å². The predicted octanol–water partition coefficient (Wildman–Crippen LogP) is -0.00600. The molecule has 196 valence electrons. The van der Waals surface area contributed by atoms with Crippen molar-refractivity contribution in [1.29, 1.82) is 0 Å². The zero-order chi connectivity index (χ0) is 26.8. The van der Waals surface area contributed by atoms with E-state index in [1.54, 1.807) is 24.3 Å². The van der Waals surface area contributed by atoms with Crippen molar-refractivity contribution in [3.63, 3.8) is 0 Å². The van der Waals surface area contributed by atoms with Gasteiger partial charge in [-0.1, -0.05) is 18.2 Å². The van der Waals surface area contributed by atoms with E-state index in [4.69, 9.17) is 9.47 Å². The maximum atomic E-state index is 12.8. The topological polar surface area (TPSA) is 172 Å². The van der Waals surface area contributed by atoms with E-state index in [1.807, 2.05) is 0 Å². The predicted molar refractivity (Wildman–Crippen MR) is 130 cm³/mol. The van der Waals surface area contributed by atoms with Gasteiger partial charge >= 0.3 is 0 Å². The molecule has 1 heterocycles. The number of piperidine rings is 1. The van der Waals surface area contributed by atoms with Gasteiger partial charge in [-0.25, -0.2) is 0 Å². The van der Waals surface area contributed by atoms with Crippen LogP contribution in [0.25, 0.3) is 0 Å². The number of ether oxygens (including phenoxy) is 2. The van der Waals surface area contributed by atoms with Crippen molar-refractivity contribution in [3.05, 3.63) is 59.2 Å². The first kappa shape index (κ1) is 27.3. The fourth-order valence-electron chi connectivity index (χ4n) is 3.63. The van der Waals surface area contributed by atoms with Gasteiger partial charge in [-0.2, -0.15) is 0 Å². The molecule has 12 nitrogen and oxygen atoms in total. The number of rotatable bonds is 11. The lowest BCUT2D eigenvalue weighted by Gasteiger charge is -2.22. The quantitative estimate of drug-likeness (QED) is 0.262. The third-order valence-electron chi connectivity index (χ3n) is 5.41. The number of benzene rings is 2. The summed E-state index contributed by atoms with van der Waals surface area (Å²) < 4.78 is 10.3. The average Bonchev–Trinajstić information content (AvgIpc) is 2.88. The zero-order valence-corrected chi connectivity index (χ0v) is 20.2. The number of carbonyl (C=O) groups is 5. The lowest BCUT2D eigenvalue weighted by atomic mass is 10.0. The van der Waals surface area contributed by atoms with Gasteiger partial charge in [0.2, 0.25) is 17.7 Å². The molecule has 1 unspecified atom stereocenters. The van der Waals surface area contributed by atoms with Gasteiger partial charge in [-0.05, 0) is 36.2 Å². The van der Waals surface area contributed by atoms with Crippen LogP contribution >= 0.6 is 0 Å². The number of nitrogens with one attached hydrogen (secondary N) is 4. The number of hydrogen-bond donors (Lipinski definition) is 5. The number of aliphatic hydroxyl groups is 1. The van der Waals surface area contributed by atoms with E-state index in [0.29, 0.717) is 5.69 Å². The largest absolute Gasteiger partial charge is 0.483 e. The van der Waals surface area contributed by atoms with Crippen molar-refractivity contribution in [1.82, 2.24) is 16.0 Å². The molecule has 0 saturated carbocycles. The Labute approximate surface area is 212 Å². The number of methoxy groups -OCH3 is 1. The molecule has 1 aliphatic heterocycles. The minimum Gasteiger partial charge on any atom is -0.483 e. The van der Waals surface area contributed by atoms with Crippen molar-refractivity contribution in [3.8, 4) is 5.75 Å². The van der Waals surface area contributed by atoms with Crippen LogP contribution in [0.4, 0.5) is 5.69 Å². The Morgan fingerprint density at radius 3 is 2.59 bits per heavy atom. The van der Waals surface area contributed by atoms with Crippen LogP contribution in [-0.2, 0) is 37.1 Å². The Morgan fingerprint density at radius 2 is 1.86 bits per heavy atom. The highest BCUT2D eigenvalue weighted by Crippen LogP contribution is 2.23. The van der Waals surface area contributed by atoms with E-state index in [0.717, 1.165) is 5.56 Å². The first-order chi connectivity index (χ1) is 17.8. The molecule has 0 bridgehead atoms. The summed E-state index contributed by atoms with van der Waals surface area (Å²) in [6.07, 6.45) is 0.273. The van der Waals surface area contributed by atoms with Crippen LogP contribution in [0.3, 0.4) is 0 Å². The lowest BCUT2D eigenvalue weighted by molar-refractivity contribution is -0.134. The number of carbonyl (C=O) groups excluding carboxylic acids is 5. The summed E-state index contributed by atoms with van der Waals surface area (Å²) in [7, 11) is 1.42. The Bertz CT molecular complexity index is 1180. The second kappa shape index (κ2) is 13.1. The molecule has 0 radical (unpaired) electrons. The molecule has 37 heavy (non-hydrogen) atoms. The van der Waals surface area contributed by atoms with Crippen LogP contribution in [0.2, 0.25) is 0 Å². The molecule has 3 rings (SSSR count). The van der Waals surface area contributed by atoms with Crippen molar-refractivity contribution in [2.75, 3.05) is 25.6 Å². The summed E-state index contributed by atoms with van der Waals surface area (Å²) in [4.78, 5) is 60.0. The van der Waals surface area contributed by atoms with E-state index in [9.17, 15) is 29.1 Å². The van der Waals surface area contributed by atoms with Gasteiger partial charge in [0.25, 0.3) is 11.8 Å². The van der Waals surface area contributed by atoms with Crippen LogP contribution in [0.1, 0.15) is 34.3 Å². The average molecular weight is 513 g/mol. The molecule has 1 saturated heterocycles. The maximum Gasteiger partial charge on any atom is 0.262 e. The lowest BCUT2D eigenvalue weighted by Crippen LogP contribution is -2.52. The minimum atomic E-state index is -0.879. The summed E-state index contributed by atoms with van der Waals surface area (Å²) >= 11 is 0. The Hall–Kier alpha value is -4.29. The van der Waals surface area contributed by atoms with Crippen LogP contribution in [0.15, 0.2) is 42.5 Å². The van der Waals surface area contributed by atoms with Gasteiger partial charge in [0, 0.05) is 36.9 Å². The SMILES string of the molecule is COCC(=O)NCc1cccc(NC(=O)COc2cccc(C(=O)NC3CCC(=O)NC3=O)c2CO)c1. The molecule has 0 aromatic heterocycles. The van der Waals surface area contributed by atoms with Gasteiger partial charge in [-0.3, -0.25) is 29.3 Å². The fourth-order valence-corrected chi connectivity index (χ4v) is 3.63. The summed E-state index contributed by atoms with van der Waals surface area (Å²) in [6.45, 7) is -0.744. The van der Waals surface area contributed by atoms with Crippen LogP contribution in [0.5, 0.6) is 5.75 Å². The van der Waals surface area contributed by atoms with Crippen LogP contribution in [-0.4, -0.2) is 61.0 Å². The molecular formula is C25H28N4O8. The molecule has 5 N–H and O–H groups in total. The highest BCUT2D eigenvalue weighted by molar-refractivity contribution is 6.04. The summed E-state index contributed by atoms with van der Waals surface area (Å²) in [5.41, 5.74) is 1.48. The van der Waals surface area contributed by atoms with Crippen molar-refractivity contribution < 1.29 is 38.6 Å². The first-order valence-electron chi connectivity index (χ1n) is 11.4. The standard InChI is InChI=1S/C25H28N4O8/c1-36-13-22(32)26-11-15-4-2-5-16(10-15)27-23(33)14-37-20-7-3-6-17(18(20)12-30)24(34)28-19-8-9-21(31)29-25(19)35/h2-7,10,19,30H,8-9,11-14H2,1H3,(H,26,32)(H,27,33)(H,28,34)(H,29,31,35). The fraction of sp³-hybridized carbons (Fsp3) is 0.320.